The van der Waals surface area contributed by atoms with Crippen LogP contribution in [0.25, 0.3) is 39.2 Å². The number of ether oxygens (including phenoxy) is 1. The number of pyridine rings is 1. The van der Waals surface area contributed by atoms with E-state index < -0.39 is 5.63 Å². The van der Waals surface area contributed by atoms with Crippen LogP contribution < -0.4 is 10.4 Å². The van der Waals surface area contributed by atoms with Gasteiger partial charge in [0, 0.05) is 5.56 Å². The van der Waals surface area contributed by atoms with E-state index in [2.05, 4.69) is 20.3 Å². The third kappa shape index (κ3) is 2.73. The minimum absolute atomic E-state index is 0.231. The van der Waals surface area contributed by atoms with Crippen molar-refractivity contribution in [1.82, 2.24) is 25.0 Å². The smallest absolute Gasteiger partial charge is 0.349 e. The van der Waals surface area contributed by atoms with Gasteiger partial charge in [0.25, 0.3) is 0 Å². The van der Waals surface area contributed by atoms with Crippen molar-refractivity contribution < 1.29 is 9.15 Å². The molecule has 3 heterocycles. The fourth-order valence-corrected chi connectivity index (χ4v) is 3.25. The number of benzene rings is 2. The normalized spacial score (nSPS) is 11.2. The molecule has 0 spiro atoms. The standard InChI is InChI=1S/C21H15N5O3/c1-12-16-17(23-20(29-21(16)27)13-6-4-3-5-7-13)18-19(22-12)26(25-24-18)14-8-10-15(28-2)11-9-14/h3-11H,1-2H3. The van der Waals surface area contributed by atoms with E-state index in [1.807, 2.05) is 54.6 Å². The van der Waals surface area contributed by atoms with Crippen molar-refractivity contribution in [3.63, 3.8) is 0 Å². The van der Waals surface area contributed by atoms with E-state index in [1.54, 1.807) is 18.7 Å². The monoisotopic (exact) mass is 385 g/mol. The van der Waals surface area contributed by atoms with Gasteiger partial charge in [0.1, 0.15) is 16.7 Å². The van der Waals surface area contributed by atoms with Crippen molar-refractivity contribution in [2.24, 2.45) is 0 Å². The molecule has 29 heavy (non-hydrogen) atoms. The van der Waals surface area contributed by atoms with Crippen LogP contribution in [0.15, 0.2) is 63.8 Å². The summed E-state index contributed by atoms with van der Waals surface area (Å²) >= 11 is 0. The van der Waals surface area contributed by atoms with Gasteiger partial charge in [-0.25, -0.2) is 14.8 Å². The SMILES string of the molecule is COc1ccc(-n2nnc3c4nc(-c5ccccc5)oc(=O)c4c(C)nc32)cc1. The highest BCUT2D eigenvalue weighted by atomic mass is 16.5. The van der Waals surface area contributed by atoms with Gasteiger partial charge in [0.2, 0.25) is 5.89 Å². The molecule has 0 bridgehead atoms. The summed E-state index contributed by atoms with van der Waals surface area (Å²) in [6.07, 6.45) is 0. The van der Waals surface area contributed by atoms with Crippen LogP contribution in [0.4, 0.5) is 0 Å². The maximum atomic E-state index is 12.7. The molecule has 2 aromatic carbocycles. The molecule has 5 aromatic rings. The van der Waals surface area contributed by atoms with Gasteiger partial charge in [0.15, 0.2) is 11.2 Å². The summed E-state index contributed by atoms with van der Waals surface area (Å²) in [6.45, 7) is 1.74. The fraction of sp³-hybridized carbons (Fsp3) is 0.0952. The summed E-state index contributed by atoms with van der Waals surface area (Å²) < 4.78 is 12.3. The van der Waals surface area contributed by atoms with Crippen LogP contribution in [-0.4, -0.2) is 32.1 Å². The third-order valence-electron chi connectivity index (χ3n) is 4.69. The highest BCUT2D eigenvalue weighted by molar-refractivity contribution is 6.00. The first-order valence-corrected chi connectivity index (χ1v) is 8.92. The average Bonchev–Trinajstić information content (AvgIpc) is 3.18. The molecule has 5 rings (SSSR count). The predicted molar refractivity (Wildman–Crippen MR) is 107 cm³/mol. The summed E-state index contributed by atoms with van der Waals surface area (Å²) in [5, 5.41) is 8.80. The van der Waals surface area contributed by atoms with E-state index in [0.29, 0.717) is 33.3 Å². The number of rotatable bonds is 3. The van der Waals surface area contributed by atoms with E-state index in [9.17, 15) is 4.79 Å². The second kappa shape index (κ2) is 6.52. The lowest BCUT2D eigenvalue weighted by Gasteiger charge is -2.06. The second-order valence-electron chi connectivity index (χ2n) is 6.46. The number of nitrogens with zero attached hydrogens (tertiary/aromatic N) is 5. The molecule has 0 saturated heterocycles. The van der Waals surface area contributed by atoms with E-state index in [-0.39, 0.29) is 5.89 Å². The van der Waals surface area contributed by atoms with Gasteiger partial charge < -0.3 is 9.15 Å². The summed E-state index contributed by atoms with van der Waals surface area (Å²) in [4.78, 5) is 21.8. The molecule has 0 aliphatic heterocycles. The van der Waals surface area contributed by atoms with Crippen LogP contribution in [-0.2, 0) is 0 Å². The second-order valence-corrected chi connectivity index (χ2v) is 6.46. The molecule has 3 aromatic heterocycles. The molecule has 0 N–H and O–H groups in total. The number of hydrogen-bond acceptors (Lipinski definition) is 7. The molecule has 0 amide bonds. The quantitative estimate of drug-likeness (QED) is 0.470. The maximum absolute atomic E-state index is 12.7. The molecular formula is C21H15N5O3. The van der Waals surface area contributed by atoms with Crippen LogP contribution in [0, 0.1) is 6.92 Å². The molecule has 0 fully saturated rings. The molecule has 8 nitrogen and oxygen atoms in total. The van der Waals surface area contributed by atoms with Gasteiger partial charge in [-0.2, -0.15) is 4.68 Å². The van der Waals surface area contributed by atoms with E-state index in [1.165, 1.54) is 0 Å². The Hall–Kier alpha value is -4.07. The predicted octanol–water partition coefficient (Wildman–Crippen LogP) is 3.30. The van der Waals surface area contributed by atoms with Crippen LogP contribution in [0.1, 0.15) is 5.69 Å². The highest BCUT2D eigenvalue weighted by Crippen LogP contribution is 2.26. The lowest BCUT2D eigenvalue weighted by Crippen LogP contribution is -2.07. The summed E-state index contributed by atoms with van der Waals surface area (Å²) in [5.41, 5.74) is 2.85. The molecule has 0 atom stereocenters. The van der Waals surface area contributed by atoms with Gasteiger partial charge in [-0.15, -0.1) is 5.10 Å². The highest BCUT2D eigenvalue weighted by Gasteiger charge is 2.19. The third-order valence-corrected chi connectivity index (χ3v) is 4.69. The van der Waals surface area contributed by atoms with Crippen molar-refractivity contribution in [2.75, 3.05) is 7.11 Å². The van der Waals surface area contributed by atoms with Gasteiger partial charge in [-0.05, 0) is 43.3 Å². The lowest BCUT2D eigenvalue weighted by molar-refractivity contribution is 0.414. The summed E-state index contributed by atoms with van der Waals surface area (Å²) in [7, 11) is 1.61. The zero-order valence-corrected chi connectivity index (χ0v) is 15.7. The van der Waals surface area contributed by atoms with Crippen molar-refractivity contribution in [2.45, 2.75) is 6.92 Å². The zero-order valence-electron chi connectivity index (χ0n) is 15.7. The number of aromatic nitrogens is 5. The lowest BCUT2D eigenvalue weighted by atomic mass is 10.2. The number of methoxy groups -OCH3 is 1. The molecule has 0 aliphatic rings. The summed E-state index contributed by atoms with van der Waals surface area (Å²) in [5.74, 6) is 0.966. The molecule has 0 saturated carbocycles. The van der Waals surface area contributed by atoms with E-state index in [4.69, 9.17) is 9.15 Å². The number of hydrogen-bond donors (Lipinski definition) is 0. The fourth-order valence-electron chi connectivity index (χ4n) is 3.25. The molecule has 0 unspecified atom stereocenters. The molecule has 142 valence electrons. The molecule has 0 aliphatic carbocycles. The number of fused-ring (bicyclic) bond motifs is 3. The Morgan fingerprint density at radius 2 is 1.72 bits per heavy atom. The van der Waals surface area contributed by atoms with Crippen LogP contribution >= 0.6 is 0 Å². The Balaban J connectivity index is 1.79. The first kappa shape index (κ1) is 17.1. The Kier molecular flexibility index (Phi) is 3.83. The van der Waals surface area contributed by atoms with E-state index in [0.717, 1.165) is 11.4 Å². The first-order valence-electron chi connectivity index (χ1n) is 8.92. The van der Waals surface area contributed by atoms with Crippen molar-refractivity contribution in [1.29, 1.82) is 0 Å². The first-order chi connectivity index (χ1) is 14.2. The van der Waals surface area contributed by atoms with Crippen LogP contribution in [0.2, 0.25) is 0 Å². The average molecular weight is 385 g/mol. The summed E-state index contributed by atoms with van der Waals surface area (Å²) in [6, 6.07) is 16.6. The van der Waals surface area contributed by atoms with Gasteiger partial charge in [0.05, 0.1) is 18.5 Å². The molecule has 8 heteroatoms. The topological polar surface area (TPSA) is 95.9 Å². The maximum Gasteiger partial charge on any atom is 0.349 e. The van der Waals surface area contributed by atoms with Crippen LogP contribution in [0.5, 0.6) is 5.75 Å². The van der Waals surface area contributed by atoms with Crippen molar-refractivity contribution >= 4 is 22.1 Å². The largest absolute Gasteiger partial charge is 0.497 e. The number of aryl methyl sites for hydroxylation is 1. The van der Waals surface area contributed by atoms with Gasteiger partial charge >= 0.3 is 5.63 Å². The van der Waals surface area contributed by atoms with Crippen molar-refractivity contribution in [3.05, 3.63) is 70.7 Å². The Morgan fingerprint density at radius 3 is 2.45 bits per heavy atom. The van der Waals surface area contributed by atoms with Crippen LogP contribution in [0.3, 0.4) is 0 Å². The zero-order chi connectivity index (χ0) is 20.0. The Labute approximate surface area is 164 Å². The minimum Gasteiger partial charge on any atom is -0.497 e. The molecular weight excluding hydrogens is 370 g/mol. The Morgan fingerprint density at radius 1 is 0.966 bits per heavy atom. The van der Waals surface area contributed by atoms with Gasteiger partial charge in [-0.1, -0.05) is 23.4 Å². The van der Waals surface area contributed by atoms with Gasteiger partial charge in [-0.3, -0.25) is 0 Å². The van der Waals surface area contributed by atoms with Crippen molar-refractivity contribution in [3.8, 4) is 22.9 Å². The Bertz CT molecular complexity index is 1410. The molecule has 0 radical (unpaired) electrons. The minimum atomic E-state index is -0.500. The van der Waals surface area contributed by atoms with E-state index >= 15 is 0 Å².